The normalized spacial score (nSPS) is 29.2. The van der Waals surface area contributed by atoms with Gasteiger partial charge in [-0.15, -0.1) is 0 Å². The highest BCUT2D eigenvalue weighted by Crippen LogP contribution is 2.40. The van der Waals surface area contributed by atoms with Gasteiger partial charge in [-0.1, -0.05) is 48.5 Å². The van der Waals surface area contributed by atoms with Gasteiger partial charge in [-0.3, -0.25) is 0 Å². The third-order valence-electron chi connectivity index (χ3n) is 4.25. The van der Waals surface area contributed by atoms with Crippen molar-refractivity contribution in [1.29, 1.82) is 0 Å². The summed E-state index contributed by atoms with van der Waals surface area (Å²) in [7, 11) is 0. The Bertz CT molecular complexity index is 260. The van der Waals surface area contributed by atoms with Crippen molar-refractivity contribution in [3.05, 3.63) is 0 Å². The van der Waals surface area contributed by atoms with E-state index in [0.717, 1.165) is 26.1 Å². The molecule has 0 aromatic heterocycles. The Morgan fingerprint density at radius 2 is 1.58 bits per heavy atom. The Morgan fingerprint density at radius 1 is 1.05 bits per heavy atom. The van der Waals surface area contributed by atoms with Gasteiger partial charge in [0.05, 0.1) is 13.2 Å². The van der Waals surface area contributed by atoms with Crippen LogP contribution in [0.4, 0.5) is 0 Å². The van der Waals surface area contributed by atoms with Crippen LogP contribution in [0.3, 0.4) is 0 Å². The highest BCUT2D eigenvalue weighted by molar-refractivity contribution is 4.85. The van der Waals surface area contributed by atoms with Crippen LogP contribution in [0.2, 0.25) is 0 Å². The van der Waals surface area contributed by atoms with Crippen molar-refractivity contribution in [1.82, 2.24) is 0 Å². The number of hydrogen-bond donors (Lipinski definition) is 0. The molecule has 0 aliphatic carbocycles. The van der Waals surface area contributed by atoms with E-state index in [0.29, 0.717) is 11.8 Å². The van der Waals surface area contributed by atoms with Crippen molar-refractivity contribution in [2.24, 2.45) is 22.7 Å². The molecule has 2 nitrogen and oxygen atoms in total. The molecule has 0 bridgehead atoms. The molecule has 0 unspecified atom stereocenters. The van der Waals surface area contributed by atoms with Gasteiger partial charge in [-0.05, 0) is 31.1 Å². The van der Waals surface area contributed by atoms with Gasteiger partial charge < -0.3 is 9.47 Å². The smallest absolute Gasteiger partial charge is 0.162 e. The van der Waals surface area contributed by atoms with Gasteiger partial charge in [0.15, 0.2) is 6.29 Å². The molecule has 114 valence electrons. The van der Waals surface area contributed by atoms with E-state index >= 15 is 0 Å². The maximum atomic E-state index is 6.13. The molecular formula is C17H34O2. The van der Waals surface area contributed by atoms with Crippen LogP contribution in [0, 0.1) is 22.7 Å². The lowest BCUT2D eigenvalue weighted by Gasteiger charge is -2.45. The molecule has 0 spiro atoms. The number of hydrogen-bond acceptors (Lipinski definition) is 2. The lowest BCUT2D eigenvalue weighted by molar-refractivity contribution is -0.274. The topological polar surface area (TPSA) is 18.5 Å². The van der Waals surface area contributed by atoms with E-state index in [4.69, 9.17) is 9.47 Å². The first kappa shape index (κ1) is 17.0. The average Bonchev–Trinajstić information content (AvgIpc) is 2.27. The predicted octanol–water partition coefficient (Wildman–Crippen LogP) is 4.87. The third kappa shape index (κ3) is 4.75. The monoisotopic (exact) mass is 270 g/mol. The summed E-state index contributed by atoms with van der Waals surface area (Å²) in [5.41, 5.74) is 0.338. The van der Waals surface area contributed by atoms with E-state index in [9.17, 15) is 0 Å². The second kappa shape index (κ2) is 6.58. The lowest BCUT2D eigenvalue weighted by atomic mass is 9.77. The zero-order valence-corrected chi connectivity index (χ0v) is 14.1. The molecule has 0 N–H and O–H groups in total. The molecule has 2 heteroatoms. The summed E-state index contributed by atoms with van der Waals surface area (Å²) in [6.07, 6.45) is 3.44. The summed E-state index contributed by atoms with van der Waals surface area (Å²) in [6, 6.07) is 0. The first-order valence-corrected chi connectivity index (χ1v) is 7.94. The summed E-state index contributed by atoms with van der Waals surface area (Å²) in [4.78, 5) is 0. The molecule has 0 radical (unpaired) electrons. The summed E-state index contributed by atoms with van der Waals surface area (Å²) in [5.74, 6) is 1.38. The highest BCUT2D eigenvalue weighted by Gasteiger charge is 2.41. The Morgan fingerprint density at radius 3 is 1.95 bits per heavy atom. The first-order valence-electron chi connectivity index (χ1n) is 7.94. The summed E-state index contributed by atoms with van der Waals surface area (Å²) < 4.78 is 12.3. The number of ether oxygens (including phenoxy) is 2. The van der Waals surface area contributed by atoms with Gasteiger partial charge in [0, 0.05) is 10.8 Å². The SMILES string of the molecule is CCC1(CC(C)C)COC(C(C)(C)CC(C)C)OC1. The van der Waals surface area contributed by atoms with Crippen molar-refractivity contribution in [3.63, 3.8) is 0 Å². The number of rotatable bonds is 6. The van der Waals surface area contributed by atoms with Crippen LogP contribution in [0.15, 0.2) is 0 Å². The second-order valence-corrected chi connectivity index (χ2v) is 7.99. The summed E-state index contributed by atoms with van der Waals surface area (Å²) >= 11 is 0. The zero-order valence-electron chi connectivity index (χ0n) is 14.1. The van der Waals surface area contributed by atoms with Crippen LogP contribution in [0.1, 0.15) is 67.7 Å². The van der Waals surface area contributed by atoms with E-state index in [-0.39, 0.29) is 17.1 Å². The summed E-state index contributed by atoms with van der Waals surface area (Å²) in [6.45, 7) is 17.6. The minimum atomic E-state index is -0.0401. The molecule has 19 heavy (non-hydrogen) atoms. The van der Waals surface area contributed by atoms with E-state index in [1.165, 1.54) is 6.42 Å². The Balaban J connectivity index is 2.60. The Kier molecular flexibility index (Phi) is 5.88. The minimum absolute atomic E-state index is 0.0401. The lowest BCUT2D eigenvalue weighted by Crippen LogP contribution is -2.47. The third-order valence-corrected chi connectivity index (χ3v) is 4.25. The molecule has 1 fully saturated rings. The fourth-order valence-corrected chi connectivity index (χ4v) is 3.53. The molecule has 1 aliphatic heterocycles. The summed E-state index contributed by atoms with van der Waals surface area (Å²) in [5, 5.41) is 0. The van der Waals surface area contributed by atoms with Gasteiger partial charge >= 0.3 is 0 Å². The Labute approximate surface area is 120 Å². The van der Waals surface area contributed by atoms with Crippen LogP contribution >= 0.6 is 0 Å². The van der Waals surface area contributed by atoms with Gasteiger partial charge in [0.2, 0.25) is 0 Å². The minimum Gasteiger partial charge on any atom is -0.351 e. The largest absolute Gasteiger partial charge is 0.351 e. The van der Waals surface area contributed by atoms with Crippen molar-refractivity contribution >= 4 is 0 Å². The fraction of sp³-hybridized carbons (Fsp3) is 1.00. The second-order valence-electron chi connectivity index (χ2n) is 7.99. The van der Waals surface area contributed by atoms with E-state index < -0.39 is 0 Å². The molecule has 0 amide bonds. The van der Waals surface area contributed by atoms with Crippen molar-refractivity contribution in [3.8, 4) is 0 Å². The molecular weight excluding hydrogens is 236 g/mol. The van der Waals surface area contributed by atoms with E-state index in [2.05, 4.69) is 48.5 Å². The average molecular weight is 270 g/mol. The highest BCUT2D eigenvalue weighted by atomic mass is 16.7. The van der Waals surface area contributed by atoms with E-state index in [1.54, 1.807) is 0 Å². The van der Waals surface area contributed by atoms with Gasteiger partial charge in [0.25, 0.3) is 0 Å². The predicted molar refractivity (Wildman–Crippen MR) is 81.1 cm³/mol. The zero-order chi connectivity index (χ0) is 14.7. The van der Waals surface area contributed by atoms with Gasteiger partial charge in [-0.2, -0.15) is 0 Å². The fourth-order valence-electron chi connectivity index (χ4n) is 3.53. The van der Waals surface area contributed by atoms with Crippen molar-refractivity contribution in [2.75, 3.05) is 13.2 Å². The molecule has 1 aliphatic rings. The van der Waals surface area contributed by atoms with Gasteiger partial charge in [-0.25, -0.2) is 0 Å². The van der Waals surface area contributed by atoms with Crippen LogP contribution in [0.5, 0.6) is 0 Å². The molecule has 0 aromatic rings. The quantitative estimate of drug-likeness (QED) is 0.685. The molecule has 0 atom stereocenters. The van der Waals surface area contributed by atoms with Crippen LogP contribution in [-0.2, 0) is 9.47 Å². The van der Waals surface area contributed by atoms with Crippen LogP contribution in [-0.4, -0.2) is 19.5 Å². The molecule has 0 saturated carbocycles. The molecule has 0 aromatic carbocycles. The molecule has 1 heterocycles. The van der Waals surface area contributed by atoms with Crippen LogP contribution in [0.25, 0.3) is 0 Å². The standard InChI is InChI=1S/C17H34O2/c1-8-17(10-14(4)5)11-18-15(19-12-17)16(6,7)9-13(2)3/h13-15H,8-12H2,1-7H3. The maximum Gasteiger partial charge on any atom is 0.162 e. The maximum absolute atomic E-state index is 6.13. The van der Waals surface area contributed by atoms with E-state index in [1.807, 2.05) is 0 Å². The first-order chi connectivity index (χ1) is 8.71. The van der Waals surface area contributed by atoms with Crippen molar-refractivity contribution in [2.45, 2.75) is 74.0 Å². The van der Waals surface area contributed by atoms with Gasteiger partial charge in [0.1, 0.15) is 0 Å². The van der Waals surface area contributed by atoms with Crippen LogP contribution < -0.4 is 0 Å². The molecule has 1 saturated heterocycles. The van der Waals surface area contributed by atoms with Crippen molar-refractivity contribution < 1.29 is 9.47 Å². The molecule has 1 rings (SSSR count). The Hall–Kier alpha value is -0.0800.